The summed E-state index contributed by atoms with van der Waals surface area (Å²) in [6, 6.07) is 12.6. The number of aryl methyl sites for hydroxylation is 1. The first-order valence-corrected chi connectivity index (χ1v) is 8.85. The Balaban J connectivity index is 1.88. The summed E-state index contributed by atoms with van der Waals surface area (Å²) in [4.78, 5) is 26.3. The number of imide groups is 1. The zero-order valence-electron chi connectivity index (χ0n) is 12.8. The summed E-state index contributed by atoms with van der Waals surface area (Å²) in [5.74, 6) is -0.264. The van der Waals surface area contributed by atoms with Crippen molar-refractivity contribution in [3.8, 4) is 5.75 Å². The highest BCUT2D eigenvalue weighted by Gasteiger charge is 2.35. The van der Waals surface area contributed by atoms with E-state index in [1.807, 2.05) is 31.2 Å². The molecule has 2 aromatic rings. The predicted octanol–water partition coefficient (Wildman–Crippen LogP) is 4.70. The van der Waals surface area contributed by atoms with Crippen molar-refractivity contribution in [2.75, 3.05) is 0 Å². The van der Waals surface area contributed by atoms with Gasteiger partial charge in [0.1, 0.15) is 5.75 Å². The van der Waals surface area contributed by atoms with Crippen LogP contribution in [0.4, 0.5) is 4.79 Å². The lowest BCUT2D eigenvalue weighted by molar-refractivity contribution is -0.123. The van der Waals surface area contributed by atoms with Crippen LogP contribution in [0.25, 0.3) is 6.08 Å². The molecule has 122 valence electrons. The molecule has 4 nitrogen and oxygen atoms in total. The van der Waals surface area contributed by atoms with Crippen molar-refractivity contribution in [3.63, 3.8) is 0 Å². The van der Waals surface area contributed by atoms with Gasteiger partial charge in [-0.15, -0.1) is 0 Å². The van der Waals surface area contributed by atoms with Crippen molar-refractivity contribution in [2.24, 2.45) is 0 Å². The van der Waals surface area contributed by atoms with E-state index >= 15 is 0 Å². The third-order valence-corrected chi connectivity index (χ3v) is 5.31. The highest BCUT2D eigenvalue weighted by Crippen LogP contribution is 2.35. The molecule has 6 heteroatoms. The summed E-state index contributed by atoms with van der Waals surface area (Å²) >= 11 is 4.31. The third kappa shape index (κ3) is 3.39. The van der Waals surface area contributed by atoms with Gasteiger partial charge in [0.2, 0.25) is 0 Å². The monoisotopic (exact) mass is 403 g/mol. The standard InChI is InChI=1S/C18H14BrNO3S/c1-11-6-7-15(21)13(8-11)9-16-17(22)20(18(23)24-16)10-12-4-2-3-5-14(12)19/h2-9,21H,10H2,1H3/b16-9-. The number of phenols is 1. The van der Waals surface area contributed by atoms with E-state index in [0.29, 0.717) is 10.5 Å². The van der Waals surface area contributed by atoms with Gasteiger partial charge in [0.15, 0.2) is 0 Å². The molecular formula is C18H14BrNO3S. The van der Waals surface area contributed by atoms with Crippen LogP contribution in [-0.2, 0) is 11.3 Å². The van der Waals surface area contributed by atoms with Crippen molar-refractivity contribution >= 4 is 44.9 Å². The van der Waals surface area contributed by atoms with E-state index in [1.165, 1.54) is 4.90 Å². The maximum atomic E-state index is 12.6. The van der Waals surface area contributed by atoms with Crippen molar-refractivity contribution < 1.29 is 14.7 Å². The Morgan fingerprint density at radius 1 is 1.21 bits per heavy atom. The van der Waals surface area contributed by atoms with Crippen LogP contribution in [0.15, 0.2) is 51.8 Å². The normalized spacial score (nSPS) is 16.2. The molecule has 1 N–H and O–H groups in total. The van der Waals surface area contributed by atoms with E-state index in [-0.39, 0.29) is 23.4 Å². The van der Waals surface area contributed by atoms with Crippen molar-refractivity contribution in [1.29, 1.82) is 0 Å². The Labute approximate surface area is 152 Å². The number of thioether (sulfide) groups is 1. The lowest BCUT2D eigenvalue weighted by Crippen LogP contribution is -2.27. The van der Waals surface area contributed by atoms with Gasteiger partial charge >= 0.3 is 0 Å². The van der Waals surface area contributed by atoms with Crippen molar-refractivity contribution in [1.82, 2.24) is 4.90 Å². The molecule has 2 aromatic carbocycles. The second-order valence-electron chi connectivity index (χ2n) is 5.42. The van der Waals surface area contributed by atoms with Crippen LogP contribution in [0.3, 0.4) is 0 Å². The molecule has 1 aliphatic heterocycles. The van der Waals surface area contributed by atoms with Gasteiger partial charge < -0.3 is 5.11 Å². The summed E-state index contributed by atoms with van der Waals surface area (Å²) < 4.78 is 0.851. The molecule has 0 unspecified atom stereocenters. The second-order valence-corrected chi connectivity index (χ2v) is 7.27. The minimum atomic E-state index is -0.346. The van der Waals surface area contributed by atoms with Gasteiger partial charge in [0.25, 0.3) is 11.1 Å². The quantitative estimate of drug-likeness (QED) is 0.754. The van der Waals surface area contributed by atoms with Crippen LogP contribution >= 0.6 is 27.7 Å². The fourth-order valence-corrected chi connectivity index (χ4v) is 3.60. The fourth-order valence-electron chi connectivity index (χ4n) is 2.36. The first-order chi connectivity index (χ1) is 11.5. The average molecular weight is 404 g/mol. The molecule has 2 amide bonds. The molecule has 1 fully saturated rings. The molecule has 1 aliphatic rings. The van der Waals surface area contributed by atoms with Crippen molar-refractivity contribution in [2.45, 2.75) is 13.5 Å². The van der Waals surface area contributed by atoms with Gasteiger partial charge in [-0.3, -0.25) is 14.5 Å². The van der Waals surface area contributed by atoms with Gasteiger partial charge in [-0.25, -0.2) is 0 Å². The van der Waals surface area contributed by atoms with Gasteiger partial charge in [0, 0.05) is 10.0 Å². The Morgan fingerprint density at radius 3 is 2.71 bits per heavy atom. The number of carbonyl (C=O) groups is 2. The predicted molar refractivity (Wildman–Crippen MR) is 98.5 cm³/mol. The number of nitrogens with zero attached hydrogens (tertiary/aromatic N) is 1. The topological polar surface area (TPSA) is 57.6 Å². The number of hydrogen-bond acceptors (Lipinski definition) is 4. The first kappa shape index (κ1) is 16.8. The second kappa shape index (κ2) is 6.83. The Bertz CT molecular complexity index is 863. The number of rotatable bonds is 3. The molecule has 1 saturated heterocycles. The molecule has 0 bridgehead atoms. The number of amides is 2. The smallest absolute Gasteiger partial charge is 0.293 e. The van der Waals surface area contributed by atoms with E-state index < -0.39 is 0 Å². The van der Waals surface area contributed by atoms with E-state index in [9.17, 15) is 14.7 Å². The minimum absolute atomic E-state index is 0.0817. The molecule has 3 rings (SSSR count). The number of benzene rings is 2. The molecule has 0 radical (unpaired) electrons. The summed E-state index contributed by atoms with van der Waals surface area (Å²) in [7, 11) is 0. The van der Waals surface area contributed by atoms with E-state index in [1.54, 1.807) is 24.3 Å². The maximum absolute atomic E-state index is 12.6. The summed E-state index contributed by atoms with van der Waals surface area (Å²) in [6.45, 7) is 2.11. The largest absolute Gasteiger partial charge is 0.507 e. The maximum Gasteiger partial charge on any atom is 0.293 e. The van der Waals surface area contributed by atoms with Gasteiger partial charge in [-0.05, 0) is 48.5 Å². The Kier molecular flexibility index (Phi) is 4.78. The summed E-state index contributed by atoms with van der Waals surface area (Å²) in [5.41, 5.74) is 2.35. The average Bonchev–Trinajstić information content (AvgIpc) is 2.80. The third-order valence-electron chi connectivity index (χ3n) is 3.63. The summed E-state index contributed by atoms with van der Waals surface area (Å²) in [6.07, 6.45) is 1.56. The lowest BCUT2D eigenvalue weighted by Gasteiger charge is -2.13. The molecule has 1 heterocycles. The van der Waals surface area contributed by atoms with E-state index in [4.69, 9.17) is 0 Å². The molecule has 24 heavy (non-hydrogen) atoms. The SMILES string of the molecule is Cc1ccc(O)c(/C=C2\SC(=O)N(Cc3ccccc3Br)C2=O)c1. The molecule has 0 aliphatic carbocycles. The van der Waals surface area contributed by atoms with Gasteiger partial charge in [0.05, 0.1) is 11.4 Å². The number of aromatic hydroxyl groups is 1. The lowest BCUT2D eigenvalue weighted by atomic mass is 10.1. The van der Waals surface area contributed by atoms with E-state index in [2.05, 4.69) is 15.9 Å². The molecule has 0 spiro atoms. The summed E-state index contributed by atoms with van der Waals surface area (Å²) in [5, 5.41) is 9.60. The number of phenolic OH excluding ortho intramolecular Hbond substituents is 1. The first-order valence-electron chi connectivity index (χ1n) is 7.24. The van der Waals surface area contributed by atoms with Crippen molar-refractivity contribution in [3.05, 3.63) is 68.5 Å². The number of halogens is 1. The van der Waals surface area contributed by atoms with Crippen LogP contribution in [0.5, 0.6) is 5.75 Å². The van der Waals surface area contributed by atoms with Gasteiger partial charge in [-0.1, -0.05) is 45.8 Å². The van der Waals surface area contributed by atoms with Crippen LogP contribution in [0.2, 0.25) is 0 Å². The molecule has 0 atom stereocenters. The number of hydrogen-bond donors (Lipinski definition) is 1. The van der Waals surface area contributed by atoms with E-state index in [0.717, 1.165) is 27.4 Å². The van der Waals surface area contributed by atoms with Crippen LogP contribution < -0.4 is 0 Å². The number of carbonyl (C=O) groups excluding carboxylic acids is 2. The highest BCUT2D eigenvalue weighted by molar-refractivity contribution is 9.10. The highest BCUT2D eigenvalue weighted by atomic mass is 79.9. The van der Waals surface area contributed by atoms with Crippen LogP contribution in [0, 0.1) is 6.92 Å². The van der Waals surface area contributed by atoms with Gasteiger partial charge in [-0.2, -0.15) is 0 Å². The molecular weight excluding hydrogens is 390 g/mol. The zero-order valence-corrected chi connectivity index (χ0v) is 15.2. The molecule has 0 saturated carbocycles. The minimum Gasteiger partial charge on any atom is -0.507 e. The van der Waals surface area contributed by atoms with Crippen LogP contribution in [0.1, 0.15) is 16.7 Å². The fraction of sp³-hybridized carbons (Fsp3) is 0.111. The Hall–Kier alpha value is -2.05. The molecule has 0 aromatic heterocycles. The Morgan fingerprint density at radius 2 is 1.96 bits per heavy atom. The zero-order chi connectivity index (χ0) is 17.3. The van der Waals surface area contributed by atoms with Crippen LogP contribution in [-0.4, -0.2) is 21.2 Å².